The van der Waals surface area contributed by atoms with Gasteiger partial charge in [-0.25, -0.2) is 0 Å². The first-order valence-corrected chi connectivity index (χ1v) is 40.1. The van der Waals surface area contributed by atoms with Crippen LogP contribution in [0, 0.1) is 0 Å². The molecule has 2 unspecified atom stereocenters. The Labute approximate surface area is 559 Å². The number of nitrogens with zero attached hydrogens (tertiary/aromatic N) is 1. The third-order valence-corrected chi connectivity index (χ3v) is 18.2. The highest BCUT2D eigenvalue weighted by atomic mass is 31.2. The lowest BCUT2D eigenvalue weighted by atomic mass is 10.0. The summed E-state index contributed by atoms with van der Waals surface area (Å²) in [6.07, 6.45) is 95.9. The summed E-state index contributed by atoms with van der Waals surface area (Å²) in [5.74, 6) is -0.819. The molecule has 0 radical (unpaired) electrons. The second-order valence-electron chi connectivity index (χ2n) is 27.3. The van der Waals surface area contributed by atoms with E-state index >= 15 is 0 Å². The SMILES string of the molecule is CC/C=C\C/C=C\C/C=C\C/C=C\C/C=C\CCCCCCCCCCCCCCCC(=O)OC(COC(=O)CCCCCCCCCCCCCCCCCCCCCCCCCCC/C=C\CCCCCCCCCC)COP(=O)([O-])OCC[N+](C)(C)C. The van der Waals surface area contributed by atoms with E-state index < -0.39 is 26.5 Å². The molecule has 0 aliphatic rings. The number of esters is 2. The van der Waals surface area contributed by atoms with Crippen molar-refractivity contribution in [2.24, 2.45) is 0 Å². The number of hydrogen-bond donors (Lipinski definition) is 0. The van der Waals surface area contributed by atoms with Crippen molar-refractivity contribution in [1.29, 1.82) is 0 Å². The topological polar surface area (TPSA) is 111 Å². The van der Waals surface area contributed by atoms with Crippen LogP contribution in [0.5, 0.6) is 0 Å². The maximum Gasteiger partial charge on any atom is 0.306 e. The normalized spacial score (nSPS) is 13.4. The summed E-state index contributed by atoms with van der Waals surface area (Å²) in [4.78, 5) is 38.1. The van der Waals surface area contributed by atoms with Gasteiger partial charge in [0.1, 0.15) is 19.8 Å². The van der Waals surface area contributed by atoms with Crippen LogP contribution in [0.25, 0.3) is 0 Å². The van der Waals surface area contributed by atoms with Crippen LogP contribution in [-0.4, -0.2) is 70.0 Å². The predicted molar refractivity (Wildman–Crippen MR) is 388 cm³/mol. The largest absolute Gasteiger partial charge is 0.756 e. The molecule has 0 heterocycles. The first-order valence-electron chi connectivity index (χ1n) is 38.6. The number of allylic oxidation sites excluding steroid dienone is 12. The minimum absolute atomic E-state index is 0.0311. The minimum Gasteiger partial charge on any atom is -0.756 e. The highest BCUT2D eigenvalue weighted by molar-refractivity contribution is 7.45. The standard InChI is InChI=1S/C80H148NO8P/c1-6-8-10-12-14-16-18-20-22-24-26-28-30-32-34-36-37-38-39-40-41-42-43-45-46-48-50-52-54-56-58-60-62-64-66-68-70-72-79(82)86-76-78(77-88-90(84,85)87-75-74-81(3,4)5)89-80(83)73-71-69-67-65-63-61-59-57-55-53-51-49-47-44-35-33-31-29-27-25-23-21-19-17-15-13-11-9-7-2/h9,11,15,17,21,23-24,26-27,29,33,35,78H,6-8,10,12-14,16,18-20,22,25,28,30-32,34,36-77H2,1-5H3/b11-9-,17-15-,23-21-,26-24-,29-27-,35-33-. The third-order valence-electron chi connectivity index (χ3n) is 17.2. The summed E-state index contributed by atoms with van der Waals surface area (Å²) in [5.41, 5.74) is 0. The summed E-state index contributed by atoms with van der Waals surface area (Å²) in [5, 5.41) is 0. The van der Waals surface area contributed by atoms with E-state index in [1.165, 1.54) is 270 Å². The highest BCUT2D eigenvalue weighted by Gasteiger charge is 2.22. The second kappa shape index (κ2) is 70.8. The number of phosphoric acid groups is 1. The summed E-state index contributed by atoms with van der Waals surface area (Å²) >= 11 is 0. The second-order valence-corrected chi connectivity index (χ2v) is 28.8. The number of ether oxygens (including phenoxy) is 2. The Balaban J connectivity index is 3.94. The lowest BCUT2D eigenvalue weighted by Gasteiger charge is -2.28. The Kier molecular flexibility index (Phi) is 68.8. The van der Waals surface area contributed by atoms with Gasteiger partial charge in [-0.3, -0.25) is 14.2 Å². The van der Waals surface area contributed by atoms with E-state index in [4.69, 9.17) is 18.5 Å². The van der Waals surface area contributed by atoms with E-state index in [0.29, 0.717) is 17.4 Å². The lowest BCUT2D eigenvalue weighted by Crippen LogP contribution is -2.37. The zero-order valence-electron chi connectivity index (χ0n) is 60.1. The third kappa shape index (κ3) is 74.5. The molecule has 0 amide bonds. The first kappa shape index (κ1) is 87.5. The van der Waals surface area contributed by atoms with Crippen LogP contribution < -0.4 is 4.89 Å². The fourth-order valence-corrected chi connectivity index (χ4v) is 12.1. The van der Waals surface area contributed by atoms with Crippen LogP contribution in [0.3, 0.4) is 0 Å². The maximum absolute atomic E-state index is 12.9. The van der Waals surface area contributed by atoms with Gasteiger partial charge in [-0.2, -0.15) is 0 Å². The van der Waals surface area contributed by atoms with Crippen LogP contribution in [-0.2, 0) is 32.7 Å². The van der Waals surface area contributed by atoms with E-state index in [2.05, 4.69) is 86.8 Å². The summed E-state index contributed by atoms with van der Waals surface area (Å²) < 4.78 is 34.4. The maximum atomic E-state index is 12.9. The monoisotopic (exact) mass is 1280 g/mol. The van der Waals surface area contributed by atoms with E-state index in [9.17, 15) is 19.0 Å². The number of likely N-dealkylation sites (N-methyl/N-ethyl adjacent to an activating group) is 1. The summed E-state index contributed by atoms with van der Waals surface area (Å²) in [6, 6.07) is 0. The van der Waals surface area contributed by atoms with Crippen molar-refractivity contribution < 1.29 is 42.1 Å². The van der Waals surface area contributed by atoms with Crippen molar-refractivity contribution in [3.63, 3.8) is 0 Å². The number of carbonyl (C=O) groups is 2. The summed E-state index contributed by atoms with van der Waals surface area (Å²) in [7, 11) is 1.18. The van der Waals surface area contributed by atoms with Crippen molar-refractivity contribution in [3.8, 4) is 0 Å². The zero-order chi connectivity index (χ0) is 65.5. The van der Waals surface area contributed by atoms with Gasteiger partial charge in [0.15, 0.2) is 6.10 Å². The molecule has 0 aromatic rings. The van der Waals surface area contributed by atoms with E-state index in [1.807, 2.05) is 21.1 Å². The molecule has 9 nitrogen and oxygen atoms in total. The quantitative estimate of drug-likeness (QED) is 0.0195. The summed E-state index contributed by atoms with van der Waals surface area (Å²) in [6.45, 7) is 4.18. The molecule has 0 aromatic heterocycles. The Morgan fingerprint density at radius 3 is 0.956 bits per heavy atom. The van der Waals surface area contributed by atoms with Gasteiger partial charge < -0.3 is 27.9 Å². The smallest absolute Gasteiger partial charge is 0.306 e. The average molecular weight is 1280 g/mol. The van der Waals surface area contributed by atoms with Gasteiger partial charge in [0.25, 0.3) is 7.82 Å². The van der Waals surface area contributed by atoms with Crippen LogP contribution in [0.4, 0.5) is 0 Å². The van der Waals surface area contributed by atoms with Gasteiger partial charge in [0, 0.05) is 12.8 Å². The molecule has 0 aliphatic carbocycles. The molecular weight excluding hydrogens is 1130 g/mol. The lowest BCUT2D eigenvalue weighted by molar-refractivity contribution is -0.870. The van der Waals surface area contributed by atoms with Crippen molar-refractivity contribution in [2.75, 3.05) is 47.5 Å². The first-order chi connectivity index (χ1) is 44.0. The molecule has 0 bridgehead atoms. The number of carbonyl (C=O) groups excluding carboxylic acids is 2. The average Bonchev–Trinajstić information content (AvgIpc) is 3.58. The van der Waals surface area contributed by atoms with Crippen LogP contribution in [0.2, 0.25) is 0 Å². The zero-order valence-corrected chi connectivity index (χ0v) is 61.0. The van der Waals surface area contributed by atoms with Crippen LogP contribution in [0.1, 0.15) is 373 Å². The molecule has 90 heavy (non-hydrogen) atoms. The predicted octanol–water partition coefficient (Wildman–Crippen LogP) is 24.9. The van der Waals surface area contributed by atoms with Gasteiger partial charge in [-0.05, 0) is 83.5 Å². The molecule has 2 atom stereocenters. The molecule has 0 saturated carbocycles. The Morgan fingerprint density at radius 2 is 0.633 bits per heavy atom. The van der Waals surface area contributed by atoms with Crippen molar-refractivity contribution in [2.45, 2.75) is 380 Å². The molecule has 0 rings (SSSR count). The van der Waals surface area contributed by atoms with E-state index in [1.54, 1.807) is 0 Å². The fourth-order valence-electron chi connectivity index (χ4n) is 11.3. The number of unbranched alkanes of at least 4 members (excludes halogenated alkanes) is 46. The molecule has 0 spiro atoms. The highest BCUT2D eigenvalue weighted by Crippen LogP contribution is 2.38. The molecule has 0 N–H and O–H groups in total. The molecule has 0 fully saturated rings. The number of hydrogen-bond acceptors (Lipinski definition) is 8. The molecule has 0 aliphatic heterocycles. The number of rotatable bonds is 72. The van der Waals surface area contributed by atoms with E-state index in [0.717, 1.165) is 70.6 Å². The Morgan fingerprint density at radius 1 is 0.356 bits per heavy atom. The van der Waals surface area contributed by atoms with Gasteiger partial charge >= 0.3 is 11.9 Å². The Bertz CT molecular complexity index is 1750. The van der Waals surface area contributed by atoms with Crippen molar-refractivity contribution >= 4 is 19.8 Å². The molecule has 10 heteroatoms. The van der Waals surface area contributed by atoms with Crippen LogP contribution >= 0.6 is 7.82 Å². The molecular formula is C80H148NO8P. The van der Waals surface area contributed by atoms with Crippen molar-refractivity contribution in [1.82, 2.24) is 0 Å². The van der Waals surface area contributed by atoms with Crippen LogP contribution in [0.15, 0.2) is 72.9 Å². The molecule has 0 aromatic carbocycles. The van der Waals surface area contributed by atoms with Crippen molar-refractivity contribution in [3.05, 3.63) is 72.9 Å². The molecule has 526 valence electrons. The number of phosphoric ester groups is 1. The number of quaternary nitrogens is 1. The molecule has 0 saturated heterocycles. The fraction of sp³-hybridized carbons (Fsp3) is 0.825. The Hall–Kier alpha value is -2.55. The van der Waals surface area contributed by atoms with Gasteiger partial charge in [0.2, 0.25) is 0 Å². The van der Waals surface area contributed by atoms with Gasteiger partial charge in [-0.1, -0.05) is 350 Å². The van der Waals surface area contributed by atoms with Gasteiger partial charge in [0.05, 0.1) is 27.7 Å². The van der Waals surface area contributed by atoms with E-state index in [-0.39, 0.29) is 32.0 Å². The van der Waals surface area contributed by atoms with Gasteiger partial charge in [-0.15, -0.1) is 0 Å². The minimum atomic E-state index is -4.65.